The first-order chi connectivity index (χ1) is 4.73. The molecule has 2 atom stereocenters. The third-order valence-corrected chi connectivity index (χ3v) is 2.77. The minimum Gasteiger partial charge on any atom is -0.392 e. The Labute approximate surface area is 59.4 Å². The largest absolute Gasteiger partial charge is 0.392 e. The summed E-state index contributed by atoms with van der Waals surface area (Å²) in [4.78, 5) is 10.8. The molecule has 0 radical (unpaired) electrons. The standard InChI is InChI=1S/C7H11NO2/c9-5-1-2-7(5)3-6(10)8-4-7/h5,9H,1-4H2,(H,8,10). The van der Waals surface area contributed by atoms with Gasteiger partial charge in [0.05, 0.1) is 6.10 Å². The molecule has 56 valence electrons. The number of nitrogens with one attached hydrogen (secondary N) is 1. The van der Waals surface area contributed by atoms with Crippen molar-refractivity contribution < 1.29 is 9.90 Å². The summed E-state index contributed by atoms with van der Waals surface area (Å²) in [5.41, 5.74) is -0.0584. The summed E-state index contributed by atoms with van der Waals surface area (Å²) in [6, 6.07) is 0. The third kappa shape index (κ3) is 0.611. The van der Waals surface area contributed by atoms with Gasteiger partial charge >= 0.3 is 0 Å². The molecule has 10 heavy (non-hydrogen) atoms. The molecule has 2 aliphatic rings. The van der Waals surface area contributed by atoms with E-state index in [-0.39, 0.29) is 17.4 Å². The van der Waals surface area contributed by atoms with E-state index in [2.05, 4.69) is 5.32 Å². The molecule has 1 saturated carbocycles. The molecular formula is C7H11NO2. The predicted octanol–water partition coefficient (Wildman–Crippen LogP) is -0.353. The van der Waals surface area contributed by atoms with Crippen molar-refractivity contribution in [3.05, 3.63) is 0 Å². The van der Waals surface area contributed by atoms with Gasteiger partial charge in [-0.1, -0.05) is 0 Å². The van der Waals surface area contributed by atoms with Crippen LogP contribution in [0.5, 0.6) is 0 Å². The molecule has 1 heterocycles. The van der Waals surface area contributed by atoms with E-state index in [1.165, 1.54) is 0 Å². The van der Waals surface area contributed by atoms with E-state index >= 15 is 0 Å². The minimum atomic E-state index is -0.230. The SMILES string of the molecule is O=C1CC2(CCC2O)CN1. The quantitative estimate of drug-likeness (QED) is 0.484. The first-order valence-electron chi connectivity index (χ1n) is 3.68. The Balaban J connectivity index is 2.11. The Morgan fingerprint density at radius 3 is 2.70 bits per heavy atom. The molecule has 1 saturated heterocycles. The summed E-state index contributed by atoms with van der Waals surface area (Å²) in [6.07, 6.45) is 2.18. The second kappa shape index (κ2) is 1.72. The maximum absolute atomic E-state index is 10.8. The van der Waals surface area contributed by atoms with Crippen molar-refractivity contribution in [2.75, 3.05) is 6.54 Å². The maximum atomic E-state index is 10.8. The Morgan fingerprint density at radius 1 is 1.70 bits per heavy atom. The number of hydrogen-bond acceptors (Lipinski definition) is 2. The van der Waals surface area contributed by atoms with Crippen LogP contribution in [0.4, 0.5) is 0 Å². The van der Waals surface area contributed by atoms with Gasteiger partial charge in [0, 0.05) is 18.4 Å². The molecule has 3 heteroatoms. The average Bonchev–Trinajstić information content (AvgIpc) is 2.31. The van der Waals surface area contributed by atoms with Crippen LogP contribution >= 0.6 is 0 Å². The number of aliphatic hydroxyl groups is 1. The zero-order valence-electron chi connectivity index (χ0n) is 5.76. The fourth-order valence-electron chi connectivity index (χ4n) is 1.81. The van der Waals surface area contributed by atoms with Gasteiger partial charge in [-0.3, -0.25) is 4.79 Å². The van der Waals surface area contributed by atoms with Crippen molar-refractivity contribution in [1.29, 1.82) is 0 Å². The van der Waals surface area contributed by atoms with Crippen molar-refractivity contribution in [2.24, 2.45) is 5.41 Å². The van der Waals surface area contributed by atoms with Gasteiger partial charge in [-0.05, 0) is 12.8 Å². The van der Waals surface area contributed by atoms with E-state index in [0.29, 0.717) is 13.0 Å². The van der Waals surface area contributed by atoms with Crippen molar-refractivity contribution in [2.45, 2.75) is 25.4 Å². The number of rotatable bonds is 0. The van der Waals surface area contributed by atoms with Crippen LogP contribution in [0.15, 0.2) is 0 Å². The first kappa shape index (κ1) is 6.16. The van der Waals surface area contributed by atoms with Crippen LogP contribution in [-0.4, -0.2) is 23.7 Å². The smallest absolute Gasteiger partial charge is 0.220 e. The molecule has 1 spiro atoms. The summed E-state index contributed by atoms with van der Waals surface area (Å²) in [5, 5.41) is 12.1. The highest BCUT2D eigenvalue weighted by Gasteiger charge is 2.50. The monoisotopic (exact) mass is 141 g/mol. The molecule has 0 aromatic rings. The molecule has 2 rings (SSSR count). The summed E-state index contributed by atoms with van der Waals surface area (Å²) < 4.78 is 0. The maximum Gasteiger partial charge on any atom is 0.220 e. The van der Waals surface area contributed by atoms with E-state index in [1.807, 2.05) is 0 Å². The van der Waals surface area contributed by atoms with Gasteiger partial charge in [0.15, 0.2) is 0 Å². The minimum absolute atomic E-state index is 0.0584. The van der Waals surface area contributed by atoms with Crippen LogP contribution in [0.2, 0.25) is 0 Å². The lowest BCUT2D eigenvalue weighted by Gasteiger charge is -2.42. The average molecular weight is 141 g/mol. The topological polar surface area (TPSA) is 49.3 Å². The highest BCUT2D eigenvalue weighted by atomic mass is 16.3. The molecule has 3 nitrogen and oxygen atoms in total. The second-order valence-electron chi connectivity index (χ2n) is 3.37. The normalized spacial score (nSPS) is 45.3. The number of amides is 1. The lowest BCUT2D eigenvalue weighted by atomic mass is 9.65. The summed E-state index contributed by atoms with van der Waals surface area (Å²) in [5.74, 6) is 0.0961. The van der Waals surface area contributed by atoms with Crippen LogP contribution in [0.1, 0.15) is 19.3 Å². The van der Waals surface area contributed by atoms with Gasteiger partial charge in [-0.2, -0.15) is 0 Å². The summed E-state index contributed by atoms with van der Waals surface area (Å²) >= 11 is 0. The summed E-state index contributed by atoms with van der Waals surface area (Å²) in [6.45, 7) is 0.688. The second-order valence-corrected chi connectivity index (χ2v) is 3.37. The fourth-order valence-corrected chi connectivity index (χ4v) is 1.81. The third-order valence-electron chi connectivity index (χ3n) is 2.77. The van der Waals surface area contributed by atoms with E-state index in [1.54, 1.807) is 0 Å². The van der Waals surface area contributed by atoms with Crippen LogP contribution in [0.25, 0.3) is 0 Å². The van der Waals surface area contributed by atoms with E-state index in [9.17, 15) is 9.90 Å². The molecule has 1 amide bonds. The number of carbonyl (C=O) groups excluding carboxylic acids is 1. The molecule has 1 aliphatic heterocycles. The molecule has 0 aromatic heterocycles. The molecule has 0 bridgehead atoms. The molecular weight excluding hydrogens is 130 g/mol. The Kier molecular flexibility index (Phi) is 1.06. The highest BCUT2D eigenvalue weighted by molar-refractivity contribution is 5.79. The zero-order chi connectivity index (χ0) is 7.19. The van der Waals surface area contributed by atoms with E-state index in [4.69, 9.17) is 0 Å². The van der Waals surface area contributed by atoms with Gasteiger partial charge in [-0.25, -0.2) is 0 Å². The lowest BCUT2D eigenvalue weighted by Crippen LogP contribution is -2.46. The Hall–Kier alpha value is -0.570. The van der Waals surface area contributed by atoms with Crippen LogP contribution in [0, 0.1) is 5.41 Å². The highest BCUT2D eigenvalue weighted by Crippen LogP contribution is 2.45. The van der Waals surface area contributed by atoms with Gasteiger partial charge in [0.1, 0.15) is 0 Å². The lowest BCUT2D eigenvalue weighted by molar-refractivity contribution is -0.122. The van der Waals surface area contributed by atoms with Gasteiger partial charge < -0.3 is 10.4 Å². The van der Waals surface area contributed by atoms with Crippen molar-refractivity contribution >= 4 is 5.91 Å². The predicted molar refractivity (Wildman–Crippen MR) is 35.3 cm³/mol. The Morgan fingerprint density at radius 2 is 2.50 bits per heavy atom. The summed E-state index contributed by atoms with van der Waals surface area (Å²) in [7, 11) is 0. The molecule has 2 N–H and O–H groups in total. The first-order valence-corrected chi connectivity index (χ1v) is 3.68. The van der Waals surface area contributed by atoms with Crippen LogP contribution in [-0.2, 0) is 4.79 Å². The molecule has 2 unspecified atom stereocenters. The van der Waals surface area contributed by atoms with Gasteiger partial charge in [0.25, 0.3) is 0 Å². The fraction of sp³-hybridized carbons (Fsp3) is 0.857. The van der Waals surface area contributed by atoms with E-state index in [0.717, 1.165) is 12.8 Å². The van der Waals surface area contributed by atoms with Gasteiger partial charge in [0.2, 0.25) is 5.91 Å². The van der Waals surface area contributed by atoms with E-state index < -0.39 is 0 Å². The van der Waals surface area contributed by atoms with Crippen LogP contribution in [0.3, 0.4) is 0 Å². The van der Waals surface area contributed by atoms with Crippen molar-refractivity contribution in [1.82, 2.24) is 5.32 Å². The molecule has 2 fully saturated rings. The number of aliphatic hydroxyl groups excluding tert-OH is 1. The number of carbonyl (C=O) groups is 1. The van der Waals surface area contributed by atoms with Crippen molar-refractivity contribution in [3.63, 3.8) is 0 Å². The zero-order valence-corrected chi connectivity index (χ0v) is 5.76. The molecule has 0 aromatic carbocycles. The molecule has 1 aliphatic carbocycles. The van der Waals surface area contributed by atoms with Gasteiger partial charge in [-0.15, -0.1) is 0 Å². The Bertz CT molecular complexity index is 180. The van der Waals surface area contributed by atoms with Crippen molar-refractivity contribution in [3.8, 4) is 0 Å². The number of hydrogen-bond donors (Lipinski definition) is 2. The van der Waals surface area contributed by atoms with Crippen LogP contribution < -0.4 is 5.32 Å².